The van der Waals surface area contributed by atoms with Crippen LogP contribution in [0.1, 0.15) is 26.7 Å². The monoisotopic (exact) mass is 295 g/mol. The molecule has 0 aliphatic rings. The highest BCUT2D eigenvalue weighted by Crippen LogP contribution is 2.21. The minimum atomic E-state index is -0.803. The Morgan fingerprint density at radius 3 is 2.38 bits per heavy atom. The van der Waals surface area contributed by atoms with Gasteiger partial charge < -0.3 is 19.5 Å². The number of rotatable bonds is 9. The van der Waals surface area contributed by atoms with Crippen LogP contribution in [0.5, 0.6) is 5.75 Å². The van der Waals surface area contributed by atoms with E-state index in [0.29, 0.717) is 19.6 Å². The number of ether oxygens (including phenoxy) is 3. The third-order valence-corrected chi connectivity index (χ3v) is 3.33. The maximum absolute atomic E-state index is 12.3. The van der Waals surface area contributed by atoms with Crippen molar-refractivity contribution in [2.45, 2.75) is 32.3 Å². The van der Waals surface area contributed by atoms with Crippen LogP contribution in [0, 0.1) is 0 Å². The van der Waals surface area contributed by atoms with Crippen LogP contribution in [0.3, 0.4) is 0 Å². The smallest absolute Gasteiger partial charge is 0.256 e. The first-order valence-electron chi connectivity index (χ1n) is 7.14. The molecule has 1 rings (SSSR count). The van der Waals surface area contributed by atoms with Gasteiger partial charge in [-0.2, -0.15) is 0 Å². The zero-order chi connectivity index (χ0) is 15.7. The summed E-state index contributed by atoms with van der Waals surface area (Å²) in [6.07, 6.45) is 1.55. The molecule has 118 valence electrons. The highest BCUT2D eigenvalue weighted by atomic mass is 16.5. The Bertz CT molecular complexity index is 432. The van der Waals surface area contributed by atoms with Gasteiger partial charge in [0.05, 0.1) is 6.61 Å². The SMILES string of the molecule is CCC[C@](C)(OC)C(=O)Nc1ccc(OCCOC)cc1. The third-order valence-electron chi connectivity index (χ3n) is 3.33. The van der Waals surface area contributed by atoms with E-state index in [9.17, 15) is 4.79 Å². The first-order valence-corrected chi connectivity index (χ1v) is 7.14. The summed E-state index contributed by atoms with van der Waals surface area (Å²) in [6.45, 7) is 4.87. The summed E-state index contributed by atoms with van der Waals surface area (Å²) in [5.74, 6) is 0.605. The van der Waals surface area contributed by atoms with Gasteiger partial charge in [0.1, 0.15) is 18.0 Å². The first kappa shape index (κ1) is 17.5. The average molecular weight is 295 g/mol. The number of methoxy groups -OCH3 is 2. The Balaban J connectivity index is 2.60. The van der Waals surface area contributed by atoms with Gasteiger partial charge in [-0.3, -0.25) is 4.79 Å². The molecule has 1 aromatic carbocycles. The summed E-state index contributed by atoms with van der Waals surface area (Å²) < 4.78 is 15.7. The molecule has 1 aromatic rings. The number of hydrogen-bond acceptors (Lipinski definition) is 4. The maximum Gasteiger partial charge on any atom is 0.256 e. The summed E-state index contributed by atoms with van der Waals surface area (Å²) in [5, 5.41) is 2.87. The van der Waals surface area contributed by atoms with Crippen LogP contribution >= 0.6 is 0 Å². The van der Waals surface area contributed by atoms with Crippen LogP contribution in [-0.2, 0) is 14.3 Å². The van der Waals surface area contributed by atoms with E-state index in [1.807, 2.05) is 31.2 Å². The molecular formula is C16H25NO4. The molecule has 0 aliphatic heterocycles. The number of carbonyl (C=O) groups is 1. The quantitative estimate of drug-likeness (QED) is 0.712. The van der Waals surface area contributed by atoms with Crippen molar-refractivity contribution in [2.75, 3.05) is 32.8 Å². The van der Waals surface area contributed by atoms with Crippen molar-refractivity contribution in [1.29, 1.82) is 0 Å². The standard InChI is InChI=1S/C16H25NO4/c1-5-10-16(2,20-4)15(18)17-13-6-8-14(9-7-13)21-12-11-19-3/h6-9H,5,10-12H2,1-4H3,(H,17,18)/t16-/m0/s1. The van der Waals surface area contributed by atoms with Gasteiger partial charge in [0.15, 0.2) is 0 Å². The van der Waals surface area contributed by atoms with Crippen LogP contribution in [0.15, 0.2) is 24.3 Å². The predicted octanol–water partition coefficient (Wildman–Crippen LogP) is 2.86. The molecule has 0 saturated heterocycles. The highest BCUT2D eigenvalue weighted by molar-refractivity contribution is 5.97. The topological polar surface area (TPSA) is 56.8 Å². The second-order valence-electron chi connectivity index (χ2n) is 5.00. The number of anilines is 1. The van der Waals surface area contributed by atoms with E-state index >= 15 is 0 Å². The van der Waals surface area contributed by atoms with Crippen molar-refractivity contribution in [3.63, 3.8) is 0 Å². The molecule has 0 heterocycles. The molecule has 0 aromatic heterocycles. The van der Waals surface area contributed by atoms with Gasteiger partial charge >= 0.3 is 0 Å². The van der Waals surface area contributed by atoms with Crippen molar-refractivity contribution in [3.05, 3.63) is 24.3 Å². The normalized spacial score (nSPS) is 13.5. The molecule has 0 fully saturated rings. The number of hydrogen-bond donors (Lipinski definition) is 1. The Labute approximate surface area is 126 Å². The average Bonchev–Trinajstić information content (AvgIpc) is 2.49. The summed E-state index contributed by atoms with van der Waals surface area (Å²) in [5.41, 5.74) is -0.0824. The van der Waals surface area contributed by atoms with E-state index in [0.717, 1.165) is 17.9 Å². The van der Waals surface area contributed by atoms with Crippen LogP contribution in [0.4, 0.5) is 5.69 Å². The molecule has 5 heteroatoms. The molecule has 0 bridgehead atoms. The van der Waals surface area contributed by atoms with Gasteiger partial charge in [-0.05, 0) is 37.6 Å². The lowest BCUT2D eigenvalue weighted by Crippen LogP contribution is -2.41. The Kier molecular flexibility index (Phi) is 7.19. The molecule has 5 nitrogen and oxygen atoms in total. The minimum absolute atomic E-state index is 0.139. The van der Waals surface area contributed by atoms with E-state index in [1.165, 1.54) is 0 Å². The first-order chi connectivity index (χ1) is 10.1. The Morgan fingerprint density at radius 1 is 1.19 bits per heavy atom. The van der Waals surface area contributed by atoms with Gasteiger partial charge in [0.2, 0.25) is 0 Å². The van der Waals surface area contributed by atoms with Crippen LogP contribution in [0.2, 0.25) is 0 Å². The minimum Gasteiger partial charge on any atom is -0.491 e. The largest absolute Gasteiger partial charge is 0.491 e. The summed E-state index contributed by atoms with van der Waals surface area (Å²) in [4.78, 5) is 12.3. The summed E-state index contributed by atoms with van der Waals surface area (Å²) >= 11 is 0. The Morgan fingerprint density at radius 2 is 1.86 bits per heavy atom. The van der Waals surface area contributed by atoms with Gasteiger partial charge in [0, 0.05) is 19.9 Å². The maximum atomic E-state index is 12.3. The zero-order valence-electron chi connectivity index (χ0n) is 13.3. The second kappa shape index (κ2) is 8.64. The molecule has 1 N–H and O–H groups in total. The van der Waals surface area contributed by atoms with Crippen molar-refractivity contribution in [3.8, 4) is 5.75 Å². The molecule has 21 heavy (non-hydrogen) atoms. The number of carbonyl (C=O) groups excluding carboxylic acids is 1. The fourth-order valence-electron chi connectivity index (χ4n) is 1.93. The highest BCUT2D eigenvalue weighted by Gasteiger charge is 2.31. The van der Waals surface area contributed by atoms with E-state index < -0.39 is 5.60 Å². The molecule has 0 spiro atoms. The molecule has 1 atom stereocenters. The Hall–Kier alpha value is -1.59. The van der Waals surface area contributed by atoms with Crippen LogP contribution in [-0.4, -0.2) is 38.9 Å². The fraction of sp³-hybridized carbons (Fsp3) is 0.562. The molecule has 0 radical (unpaired) electrons. The number of benzene rings is 1. The summed E-state index contributed by atoms with van der Waals surface area (Å²) in [7, 11) is 3.19. The zero-order valence-corrected chi connectivity index (χ0v) is 13.3. The van der Waals surface area contributed by atoms with E-state index in [-0.39, 0.29) is 5.91 Å². The van der Waals surface area contributed by atoms with Crippen LogP contribution in [0.25, 0.3) is 0 Å². The van der Waals surface area contributed by atoms with E-state index in [2.05, 4.69) is 5.32 Å². The fourth-order valence-corrected chi connectivity index (χ4v) is 1.93. The second-order valence-corrected chi connectivity index (χ2v) is 5.00. The van der Waals surface area contributed by atoms with Gasteiger partial charge in [-0.25, -0.2) is 0 Å². The predicted molar refractivity (Wildman–Crippen MR) is 82.8 cm³/mol. The van der Waals surface area contributed by atoms with Crippen LogP contribution < -0.4 is 10.1 Å². The van der Waals surface area contributed by atoms with Gasteiger partial charge in [-0.1, -0.05) is 13.3 Å². The van der Waals surface area contributed by atoms with E-state index in [1.54, 1.807) is 21.1 Å². The van der Waals surface area contributed by atoms with Crippen molar-refractivity contribution in [2.24, 2.45) is 0 Å². The lowest BCUT2D eigenvalue weighted by molar-refractivity contribution is -0.136. The van der Waals surface area contributed by atoms with Crippen molar-refractivity contribution in [1.82, 2.24) is 0 Å². The van der Waals surface area contributed by atoms with Crippen molar-refractivity contribution < 1.29 is 19.0 Å². The molecule has 0 aliphatic carbocycles. The van der Waals surface area contributed by atoms with Gasteiger partial charge in [-0.15, -0.1) is 0 Å². The number of nitrogens with one attached hydrogen (secondary N) is 1. The molecule has 1 amide bonds. The lowest BCUT2D eigenvalue weighted by atomic mass is 9.99. The molecular weight excluding hydrogens is 270 g/mol. The lowest BCUT2D eigenvalue weighted by Gasteiger charge is -2.26. The third kappa shape index (κ3) is 5.36. The summed E-state index contributed by atoms with van der Waals surface area (Å²) in [6, 6.07) is 7.24. The number of amides is 1. The van der Waals surface area contributed by atoms with E-state index in [4.69, 9.17) is 14.2 Å². The molecule has 0 saturated carbocycles. The molecule has 0 unspecified atom stereocenters. The van der Waals surface area contributed by atoms with Gasteiger partial charge in [0.25, 0.3) is 5.91 Å². The van der Waals surface area contributed by atoms with Crippen molar-refractivity contribution >= 4 is 11.6 Å².